The highest BCUT2D eigenvalue weighted by Crippen LogP contribution is 2.20. The predicted molar refractivity (Wildman–Crippen MR) is 189 cm³/mol. The molecule has 0 heterocycles. The number of aliphatic carboxylic acids is 3. The second-order valence-corrected chi connectivity index (χ2v) is 13.9. The van der Waals surface area contributed by atoms with Gasteiger partial charge in [-0.3, -0.25) is 9.59 Å². The van der Waals surface area contributed by atoms with Crippen molar-refractivity contribution in [1.82, 2.24) is 0 Å². The Morgan fingerprint density at radius 3 is 0.978 bits per heavy atom. The molecule has 0 unspecified atom stereocenters. The van der Waals surface area contributed by atoms with E-state index >= 15 is 0 Å². The van der Waals surface area contributed by atoms with Gasteiger partial charge in [-0.05, 0) is 70.6 Å². The lowest BCUT2D eigenvalue weighted by Gasteiger charge is -2.39. The van der Waals surface area contributed by atoms with Gasteiger partial charge < -0.3 is 24.6 Å². The van der Waals surface area contributed by atoms with Gasteiger partial charge in [0.15, 0.2) is 0 Å². The summed E-state index contributed by atoms with van der Waals surface area (Å²) in [6, 6.07) is 0. The number of carbonyl (C=O) groups is 3. The predicted octanol–water partition coefficient (Wildman–Crippen LogP) is 9.61. The third-order valence-electron chi connectivity index (χ3n) is 9.60. The summed E-state index contributed by atoms with van der Waals surface area (Å²) in [5.74, 6) is -2.56. The quantitative estimate of drug-likeness (QED) is 0.0390. The summed E-state index contributed by atoms with van der Waals surface area (Å²) in [5.41, 5.74) is 0. The first-order valence-corrected chi connectivity index (χ1v) is 19.4. The second-order valence-electron chi connectivity index (χ2n) is 13.9. The van der Waals surface area contributed by atoms with Crippen LogP contribution in [0.4, 0.5) is 0 Å². The molecule has 0 aromatic rings. The molecule has 0 radical (unpaired) electrons. The first kappa shape index (κ1) is 44.1. The van der Waals surface area contributed by atoms with Crippen molar-refractivity contribution in [2.45, 2.75) is 193 Å². The molecule has 0 aliphatic carbocycles. The highest BCUT2D eigenvalue weighted by atomic mass is 16.4. The molecule has 270 valence electrons. The fraction of sp³-hybridized carbons (Fsp3) is 0.872. The molecule has 0 aliphatic rings. The van der Waals surface area contributed by atoms with Crippen LogP contribution in [-0.4, -0.2) is 58.8 Å². The molecule has 7 heteroatoms. The number of nitrogens with zero attached hydrogens (tertiary/aromatic N) is 1. The minimum atomic E-state index is -1.02. The molecule has 0 bridgehead atoms. The van der Waals surface area contributed by atoms with E-state index in [0.717, 1.165) is 56.3 Å². The van der Waals surface area contributed by atoms with Gasteiger partial charge in [0.25, 0.3) is 0 Å². The third-order valence-corrected chi connectivity index (χ3v) is 9.60. The van der Waals surface area contributed by atoms with E-state index in [-0.39, 0.29) is 19.3 Å². The Morgan fingerprint density at radius 1 is 0.435 bits per heavy atom. The van der Waals surface area contributed by atoms with Crippen molar-refractivity contribution >= 4 is 17.9 Å². The number of hydrogen-bond donors (Lipinski definition) is 2. The van der Waals surface area contributed by atoms with E-state index in [1.54, 1.807) is 0 Å². The number of hydrogen-bond acceptors (Lipinski definition) is 4. The van der Waals surface area contributed by atoms with Crippen molar-refractivity contribution in [1.29, 1.82) is 0 Å². The van der Waals surface area contributed by atoms with Crippen LogP contribution in [0.3, 0.4) is 0 Å². The molecule has 46 heavy (non-hydrogen) atoms. The maximum absolute atomic E-state index is 11.0. The highest BCUT2D eigenvalue weighted by molar-refractivity contribution is 5.66. The molecular formula is C39H73NO6. The molecule has 0 amide bonds. The van der Waals surface area contributed by atoms with E-state index in [1.165, 1.54) is 128 Å². The summed E-state index contributed by atoms with van der Waals surface area (Å²) in [7, 11) is 0. The van der Waals surface area contributed by atoms with E-state index in [1.807, 2.05) is 6.08 Å². The lowest BCUT2D eigenvalue weighted by atomic mass is 10.0. The minimum Gasteiger partial charge on any atom is -0.550 e. The molecule has 2 N–H and O–H groups in total. The van der Waals surface area contributed by atoms with Crippen molar-refractivity contribution in [3.8, 4) is 0 Å². The van der Waals surface area contributed by atoms with Crippen molar-refractivity contribution in [3.63, 3.8) is 0 Å². The van der Waals surface area contributed by atoms with Crippen LogP contribution in [0.1, 0.15) is 193 Å². The summed E-state index contributed by atoms with van der Waals surface area (Å²) in [4.78, 5) is 33.0. The normalized spacial score (nSPS) is 11.6. The molecule has 0 aromatic carbocycles. The topological polar surface area (TPSA) is 115 Å². The molecule has 0 atom stereocenters. The molecule has 0 spiro atoms. The van der Waals surface area contributed by atoms with Crippen LogP contribution in [0, 0.1) is 0 Å². The van der Waals surface area contributed by atoms with Crippen LogP contribution >= 0.6 is 0 Å². The maximum atomic E-state index is 11.0. The summed E-state index contributed by atoms with van der Waals surface area (Å²) < 4.78 is 0.850. The number of unbranched alkanes of at least 4 members (excludes halogenated alkanes) is 23. The second kappa shape index (κ2) is 33.0. The van der Waals surface area contributed by atoms with E-state index in [9.17, 15) is 19.5 Å². The van der Waals surface area contributed by atoms with Crippen LogP contribution in [0.25, 0.3) is 0 Å². The number of carbonyl (C=O) groups excluding carboxylic acids is 1. The van der Waals surface area contributed by atoms with Gasteiger partial charge >= 0.3 is 11.9 Å². The lowest BCUT2D eigenvalue weighted by Crippen LogP contribution is -2.51. The monoisotopic (exact) mass is 652 g/mol. The van der Waals surface area contributed by atoms with Gasteiger partial charge in [0, 0.05) is 18.8 Å². The molecule has 7 nitrogen and oxygen atoms in total. The van der Waals surface area contributed by atoms with Gasteiger partial charge in [-0.15, -0.1) is 6.58 Å². The summed E-state index contributed by atoms with van der Waals surface area (Å²) in [6.45, 7) is 7.41. The van der Waals surface area contributed by atoms with Gasteiger partial charge in [0.2, 0.25) is 0 Å². The Hall–Kier alpha value is -1.89. The van der Waals surface area contributed by atoms with E-state index in [0.29, 0.717) is 19.3 Å². The Bertz CT molecular complexity index is 685. The summed E-state index contributed by atoms with van der Waals surface area (Å²) in [5, 5.41) is 29.0. The van der Waals surface area contributed by atoms with Crippen LogP contribution in [-0.2, 0) is 14.4 Å². The molecule has 0 saturated carbocycles. The molecule has 0 fully saturated rings. The smallest absolute Gasteiger partial charge is 0.303 e. The lowest BCUT2D eigenvalue weighted by molar-refractivity contribution is -0.929. The summed E-state index contributed by atoms with van der Waals surface area (Å²) >= 11 is 0. The first-order chi connectivity index (χ1) is 22.3. The van der Waals surface area contributed by atoms with E-state index < -0.39 is 17.9 Å². The average Bonchev–Trinajstić information content (AvgIpc) is 3.02. The van der Waals surface area contributed by atoms with E-state index in [4.69, 9.17) is 10.2 Å². The summed E-state index contributed by atoms with van der Waals surface area (Å²) in [6.07, 6.45) is 34.8. The maximum Gasteiger partial charge on any atom is 0.303 e. The Balaban J connectivity index is 4.11. The van der Waals surface area contributed by atoms with Crippen molar-refractivity contribution in [2.24, 2.45) is 0 Å². The molecule has 0 saturated heterocycles. The number of carboxylic acids is 3. The van der Waals surface area contributed by atoms with Crippen molar-refractivity contribution in [2.75, 3.05) is 26.2 Å². The zero-order chi connectivity index (χ0) is 34.0. The van der Waals surface area contributed by atoms with Gasteiger partial charge in [-0.25, -0.2) is 0 Å². The number of rotatable bonds is 38. The Labute approximate surface area is 283 Å². The van der Waals surface area contributed by atoms with Crippen LogP contribution in [0.5, 0.6) is 0 Å². The van der Waals surface area contributed by atoms with E-state index in [2.05, 4.69) is 6.58 Å². The van der Waals surface area contributed by atoms with Crippen LogP contribution < -0.4 is 5.11 Å². The number of quaternary nitrogens is 1. The van der Waals surface area contributed by atoms with Gasteiger partial charge in [-0.1, -0.05) is 115 Å². The van der Waals surface area contributed by atoms with Gasteiger partial charge in [-0.2, -0.15) is 0 Å². The van der Waals surface area contributed by atoms with Gasteiger partial charge in [0.05, 0.1) is 26.2 Å². The standard InChI is InChI=1S/C39H73NO6/c1-2-3-4-5-6-7-8-9-10-11-12-13-14-15-16-17-18-19-20-21-22-26-33-40(34-27-23-30-37(41)42,35-28-24-31-38(43)44)36-29-25-32-39(45)46/h2H,1,3-36H2,(H2-,41,42,43,44,45,46). The number of allylic oxidation sites excluding steroid dienone is 1. The zero-order valence-electron chi connectivity index (χ0n) is 29.8. The average molecular weight is 652 g/mol. The van der Waals surface area contributed by atoms with Crippen LogP contribution in [0.15, 0.2) is 12.7 Å². The Morgan fingerprint density at radius 2 is 0.696 bits per heavy atom. The largest absolute Gasteiger partial charge is 0.550 e. The number of carboxylic acid groups (broad SMARTS) is 3. The SMILES string of the molecule is C=CCCCCCCCCCCCCCCCCCCCCCC[N+](CCCCC(=O)[O-])(CCCCC(=O)O)CCCCC(=O)O. The molecular weight excluding hydrogens is 578 g/mol. The first-order valence-electron chi connectivity index (χ1n) is 19.4. The molecule has 0 aliphatic heterocycles. The molecule has 0 aromatic heterocycles. The zero-order valence-corrected chi connectivity index (χ0v) is 29.8. The molecule has 0 rings (SSSR count). The fourth-order valence-electron chi connectivity index (χ4n) is 6.75. The third kappa shape index (κ3) is 32.1. The Kier molecular flexibility index (Phi) is 31.7. The van der Waals surface area contributed by atoms with Crippen molar-refractivity contribution in [3.05, 3.63) is 12.7 Å². The minimum absolute atomic E-state index is 0.0651. The highest BCUT2D eigenvalue weighted by Gasteiger charge is 2.26. The van der Waals surface area contributed by atoms with Crippen molar-refractivity contribution < 1.29 is 34.2 Å². The fourth-order valence-corrected chi connectivity index (χ4v) is 6.75. The van der Waals surface area contributed by atoms with Crippen LogP contribution in [0.2, 0.25) is 0 Å². The van der Waals surface area contributed by atoms with Gasteiger partial charge in [0.1, 0.15) is 0 Å².